The van der Waals surface area contributed by atoms with Crippen molar-refractivity contribution in [3.8, 4) is 22.5 Å². The number of fused-ring (bicyclic) bond motifs is 1. The molecule has 0 saturated heterocycles. The van der Waals surface area contributed by atoms with Crippen LogP contribution in [0.5, 0.6) is 0 Å². The Kier molecular flexibility index (Phi) is 5.37. The number of benzene rings is 2. The van der Waals surface area contributed by atoms with Crippen molar-refractivity contribution in [3.63, 3.8) is 0 Å². The van der Waals surface area contributed by atoms with Crippen LogP contribution in [-0.4, -0.2) is 19.4 Å². The summed E-state index contributed by atoms with van der Waals surface area (Å²) in [6, 6.07) is 20.2. The van der Waals surface area contributed by atoms with E-state index < -0.39 is 11.7 Å². The van der Waals surface area contributed by atoms with Gasteiger partial charge in [-0.3, -0.25) is 4.40 Å². The van der Waals surface area contributed by atoms with Gasteiger partial charge in [-0.2, -0.15) is 18.2 Å². The van der Waals surface area contributed by atoms with Crippen molar-refractivity contribution >= 4 is 17.4 Å². The Hall–Kier alpha value is -4.40. The number of alkyl halides is 3. The highest BCUT2D eigenvalue weighted by molar-refractivity contribution is 5.82. The lowest BCUT2D eigenvalue weighted by atomic mass is 10.0. The third-order valence-electron chi connectivity index (χ3n) is 5.33. The Morgan fingerprint density at radius 2 is 1.71 bits per heavy atom. The number of hydrogen-bond acceptors (Lipinski definition) is 5. The number of nitrogen functional groups attached to an aromatic ring is 1. The summed E-state index contributed by atoms with van der Waals surface area (Å²) < 4.78 is 41.8. The van der Waals surface area contributed by atoms with Gasteiger partial charge >= 0.3 is 6.18 Å². The molecule has 9 heteroatoms. The Morgan fingerprint density at radius 1 is 0.882 bits per heavy atom. The number of pyridine rings is 1. The minimum Gasteiger partial charge on any atom is -0.384 e. The zero-order chi connectivity index (χ0) is 23.7. The molecule has 0 unspecified atom stereocenters. The molecule has 0 aliphatic heterocycles. The number of aromatic nitrogens is 4. The van der Waals surface area contributed by atoms with Crippen LogP contribution in [0.15, 0.2) is 85.2 Å². The lowest BCUT2D eigenvalue weighted by Crippen LogP contribution is -2.04. The van der Waals surface area contributed by atoms with Crippen LogP contribution < -0.4 is 11.1 Å². The second-order valence-corrected chi connectivity index (χ2v) is 7.68. The highest BCUT2D eigenvalue weighted by atomic mass is 19.4. The fourth-order valence-corrected chi connectivity index (χ4v) is 3.73. The molecule has 0 aliphatic carbocycles. The van der Waals surface area contributed by atoms with E-state index >= 15 is 0 Å². The van der Waals surface area contributed by atoms with Crippen LogP contribution in [0, 0.1) is 0 Å². The van der Waals surface area contributed by atoms with Gasteiger partial charge in [-0.15, -0.1) is 0 Å². The standard InChI is InChI=1S/C25H19F3N6/c26-25(27,28)19-8-4-7-17(13-19)22-23(34-12-10-20(29)32-24(34)33-22)18-9-11-30-21(14-18)31-15-16-5-2-1-3-6-16/h1-14H,15H2,(H,30,31)(H2,29,32,33). The van der Waals surface area contributed by atoms with Gasteiger partial charge in [0.25, 0.3) is 0 Å². The molecule has 0 saturated carbocycles. The largest absolute Gasteiger partial charge is 0.416 e. The van der Waals surface area contributed by atoms with Crippen LogP contribution >= 0.6 is 0 Å². The van der Waals surface area contributed by atoms with Gasteiger partial charge < -0.3 is 11.1 Å². The Morgan fingerprint density at radius 3 is 2.50 bits per heavy atom. The quantitative estimate of drug-likeness (QED) is 0.353. The fourth-order valence-electron chi connectivity index (χ4n) is 3.73. The maximum atomic E-state index is 13.4. The van der Waals surface area contributed by atoms with Crippen LogP contribution in [0.3, 0.4) is 0 Å². The van der Waals surface area contributed by atoms with Crippen molar-refractivity contribution in [1.29, 1.82) is 0 Å². The lowest BCUT2D eigenvalue weighted by molar-refractivity contribution is -0.137. The zero-order valence-electron chi connectivity index (χ0n) is 17.8. The minimum absolute atomic E-state index is 0.264. The predicted octanol–water partition coefficient (Wildman–Crippen LogP) is 5.67. The number of nitrogens with zero attached hydrogens (tertiary/aromatic N) is 4. The molecule has 170 valence electrons. The van der Waals surface area contributed by atoms with E-state index in [1.807, 2.05) is 36.4 Å². The van der Waals surface area contributed by atoms with E-state index in [4.69, 9.17) is 5.73 Å². The molecule has 3 N–H and O–H groups in total. The van der Waals surface area contributed by atoms with Crippen molar-refractivity contribution in [2.45, 2.75) is 12.7 Å². The van der Waals surface area contributed by atoms with Crippen LogP contribution in [0.25, 0.3) is 28.3 Å². The van der Waals surface area contributed by atoms with Crippen LogP contribution in [-0.2, 0) is 12.7 Å². The topological polar surface area (TPSA) is 81.1 Å². The fraction of sp³-hybridized carbons (Fsp3) is 0.0800. The summed E-state index contributed by atoms with van der Waals surface area (Å²) in [7, 11) is 0. The number of nitrogens with two attached hydrogens (primary N) is 1. The molecule has 0 amide bonds. The molecule has 0 bridgehead atoms. The van der Waals surface area contributed by atoms with E-state index in [-0.39, 0.29) is 11.6 Å². The van der Waals surface area contributed by atoms with Gasteiger partial charge in [-0.05, 0) is 35.9 Å². The van der Waals surface area contributed by atoms with Gasteiger partial charge in [-0.1, -0.05) is 42.5 Å². The second-order valence-electron chi connectivity index (χ2n) is 7.68. The van der Waals surface area contributed by atoms with Crippen molar-refractivity contribution in [3.05, 3.63) is 96.3 Å². The zero-order valence-corrected chi connectivity index (χ0v) is 17.8. The van der Waals surface area contributed by atoms with Gasteiger partial charge in [0.2, 0.25) is 5.78 Å². The van der Waals surface area contributed by atoms with Crippen LogP contribution in [0.1, 0.15) is 11.1 Å². The molecular formula is C25H19F3N6. The molecule has 2 aromatic carbocycles. The Bertz CT molecular complexity index is 1460. The van der Waals surface area contributed by atoms with Gasteiger partial charge in [0, 0.05) is 30.1 Å². The summed E-state index contributed by atoms with van der Waals surface area (Å²) in [6.45, 7) is 0.572. The number of imidazole rings is 1. The number of anilines is 2. The van der Waals surface area contributed by atoms with E-state index in [1.54, 1.807) is 35.0 Å². The lowest BCUT2D eigenvalue weighted by Gasteiger charge is -2.11. The Balaban J connectivity index is 1.61. The first-order chi connectivity index (χ1) is 16.4. The summed E-state index contributed by atoms with van der Waals surface area (Å²) in [5, 5.41) is 3.28. The van der Waals surface area contributed by atoms with Gasteiger partial charge in [-0.25, -0.2) is 9.97 Å². The van der Waals surface area contributed by atoms with Crippen molar-refractivity contribution in [2.24, 2.45) is 0 Å². The van der Waals surface area contributed by atoms with E-state index in [0.29, 0.717) is 29.3 Å². The maximum absolute atomic E-state index is 13.4. The third kappa shape index (κ3) is 4.27. The highest BCUT2D eigenvalue weighted by Crippen LogP contribution is 2.36. The summed E-state index contributed by atoms with van der Waals surface area (Å²) >= 11 is 0. The number of rotatable bonds is 5. The molecule has 0 atom stereocenters. The average molecular weight is 460 g/mol. The first kappa shape index (κ1) is 21.4. The summed E-state index contributed by atoms with van der Waals surface area (Å²) in [5.74, 6) is 1.17. The van der Waals surface area contributed by atoms with Crippen LogP contribution in [0.4, 0.5) is 24.8 Å². The second kappa shape index (κ2) is 8.51. The molecule has 0 fully saturated rings. The number of hydrogen-bond donors (Lipinski definition) is 2. The summed E-state index contributed by atoms with van der Waals surface area (Å²) in [4.78, 5) is 13.2. The molecule has 3 heterocycles. The summed E-state index contributed by atoms with van der Waals surface area (Å²) in [6.07, 6.45) is -1.12. The molecule has 34 heavy (non-hydrogen) atoms. The monoisotopic (exact) mass is 460 g/mol. The predicted molar refractivity (Wildman–Crippen MR) is 125 cm³/mol. The van der Waals surface area contributed by atoms with Crippen molar-refractivity contribution in [1.82, 2.24) is 19.4 Å². The Labute approximate surface area is 192 Å². The molecule has 5 aromatic rings. The highest BCUT2D eigenvalue weighted by Gasteiger charge is 2.31. The molecule has 3 aromatic heterocycles. The van der Waals surface area contributed by atoms with Crippen molar-refractivity contribution in [2.75, 3.05) is 11.1 Å². The first-order valence-electron chi connectivity index (χ1n) is 10.4. The molecular weight excluding hydrogens is 441 g/mol. The van der Waals surface area contributed by atoms with E-state index in [1.165, 1.54) is 6.07 Å². The van der Waals surface area contributed by atoms with Crippen LogP contribution in [0.2, 0.25) is 0 Å². The normalized spacial score (nSPS) is 11.6. The van der Waals surface area contributed by atoms with E-state index in [2.05, 4.69) is 20.3 Å². The minimum atomic E-state index is -4.47. The van der Waals surface area contributed by atoms with Crippen molar-refractivity contribution < 1.29 is 13.2 Å². The van der Waals surface area contributed by atoms with Gasteiger partial charge in [0.05, 0.1) is 17.0 Å². The third-order valence-corrected chi connectivity index (χ3v) is 5.33. The number of nitrogens with one attached hydrogen (secondary N) is 1. The van der Waals surface area contributed by atoms with Gasteiger partial charge in [0.15, 0.2) is 0 Å². The van der Waals surface area contributed by atoms with Gasteiger partial charge in [0.1, 0.15) is 11.6 Å². The molecule has 6 nitrogen and oxygen atoms in total. The number of halogens is 3. The van der Waals surface area contributed by atoms with E-state index in [9.17, 15) is 13.2 Å². The smallest absolute Gasteiger partial charge is 0.384 e. The SMILES string of the molecule is Nc1ccn2c(-c3ccnc(NCc4ccccc4)c3)c(-c3cccc(C(F)(F)F)c3)nc2n1. The van der Waals surface area contributed by atoms with E-state index in [0.717, 1.165) is 23.3 Å². The first-order valence-corrected chi connectivity index (χ1v) is 10.4. The molecule has 0 radical (unpaired) electrons. The molecule has 5 rings (SSSR count). The average Bonchev–Trinajstić information content (AvgIpc) is 3.22. The molecule has 0 spiro atoms. The maximum Gasteiger partial charge on any atom is 0.416 e. The summed E-state index contributed by atoms with van der Waals surface area (Å²) in [5.41, 5.74) is 8.17. The molecule has 0 aliphatic rings.